The van der Waals surface area contributed by atoms with Crippen LogP contribution in [0.1, 0.15) is 63.6 Å². The fourth-order valence-corrected chi connectivity index (χ4v) is 6.69. The molecule has 3 heterocycles. The lowest BCUT2D eigenvalue weighted by molar-refractivity contribution is -0.132. The maximum absolute atomic E-state index is 14.4. The Morgan fingerprint density at radius 1 is 0.964 bits per heavy atom. The highest BCUT2D eigenvalue weighted by atomic mass is 16.5. The summed E-state index contributed by atoms with van der Waals surface area (Å²) < 4.78 is 4.78. The Morgan fingerprint density at radius 2 is 1.67 bits per heavy atom. The first-order valence-electron chi connectivity index (χ1n) is 19.0. The number of pyridine rings is 2. The molecule has 0 spiro atoms. The smallest absolute Gasteiger partial charge is 0.407 e. The van der Waals surface area contributed by atoms with Gasteiger partial charge in [0.15, 0.2) is 0 Å². The number of aliphatic hydroxyl groups excluding tert-OH is 1. The van der Waals surface area contributed by atoms with E-state index in [4.69, 9.17) is 4.74 Å². The van der Waals surface area contributed by atoms with Gasteiger partial charge in [-0.2, -0.15) is 0 Å². The van der Waals surface area contributed by atoms with Crippen molar-refractivity contribution in [2.75, 3.05) is 33.3 Å². The van der Waals surface area contributed by atoms with Crippen molar-refractivity contribution in [2.24, 2.45) is 11.3 Å². The van der Waals surface area contributed by atoms with Crippen LogP contribution in [0.3, 0.4) is 0 Å². The minimum Gasteiger partial charge on any atom is -0.453 e. The van der Waals surface area contributed by atoms with Gasteiger partial charge in [0.05, 0.1) is 19.3 Å². The van der Waals surface area contributed by atoms with Gasteiger partial charge in [0.1, 0.15) is 12.1 Å². The van der Waals surface area contributed by atoms with Crippen molar-refractivity contribution in [1.82, 2.24) is 40.8 Å². The van der Waals surface area contributed by atoms with E-state index in [0.29, 0.717) is 32.5 Å². The van der Waals surface area contributed by atoms with Crippen LogP contribution in [0.2, 0.25) is 0 Å². The summed E-state index contributed by atoms with van der Waals surface area (Å²) in [6, 6.07) is 16.2. The maximum Gasteiger partial charge on any atom is 0.407 e. The van der Waals surface area contributed by atoms with Crippen LogP contribution in [0.15, 0.2) is 73.1 Å². The summed E-state index contributed by atoms with van der Waals surface area (Å²) in [7, 11) is 1.23. The predicted molar refractivity (Wildman–Crippen MR) is 209 cm³/mol. The molecule has 0 unspecified atom stereocenters. The van der Waals surface area contributed by atoms with Crippen molar-refractivity contribution in [1.29, 1.82) is 0 Å². The molecule has 1 aliphatic heterocycles. The number of aliphatic hydroxyl groups is 1. The summed E-state index contributed by atoms with van der Waals surface area (Å²) >= 11 is 0. The highest BCUT2D eigenvalue weighted by Crippen LogP contribution is 2.23. The molecule has 4 N–H and O–H groups in total. The SMILES string of the molecule is CC[C@H](C)[C@@H](C(=O)N[C@@H](Cc1ccccc1)[C@@H](O)CN(Cc1ccncc1)NC(=O)[C@@H](NC(=O)OC)C(C)(C)C)N1CCN(CCc2cccc(C)n2)C1=O. The molecular weight excluding hydrogens is 701 g/mol. The molecule has 298 valence electrons. The second-order valence-corrected chi connectivity index (χ2v) is 15.3. The first-order chi connectivity index (χ1) is 26.2. The Labute approximate surface area is 325 Å². The molecular formula is C41H58N8O6. The third-order valence-corrected chi connectivity index (χ3v) is 9.96. The van der Waals surface area contributed by atoms with Gasteiger partial charge in [-0.25, -0.2) is 14.6 Å². The Balaban J connectivity index is 1.57. The molecule has 4 rings (SSSR count). The normalized spacial score (nSPS) is 15.9. The Bertz CT molecular complexity index is 1710. The van der Waals surface area contributed by atoms with Crippen LogP contribution in [-0.2, 0) is 33.7 Å². The highest BCUT2D eigenvalue weighted by molar-refractivity contribution is 5.88. The maximum atomic E-state index is 14.4. The molecule has 0 bridgehead atoms. The molecule has 14 heteroatoms. The van der Waals surface area contributed by atoms with Gasteiger partial charge in [-0.1, -0.05) is 77.4 Å². The van der Waals surface area contributed by atoms with Crippen LogP contribution in [0.4, 0.5) is 9.59 Å². The Hall–Kier alpha value is -5.08. The summed E-state index contributed by atoms with van der Waals surface area (Å²) in [5, 5.41) is 19.3. The van der Waals surface area contributed by atoms with Crippen molar-refractivity contribution >= 4 is 23.9 Å². The molecule has 1 saturated heterocycles. The average molecular weight is 759 g/mol. The van der Waals surface area contributed by atoms with E-state index >= 15 is 0 Å². The number of amides is 5. The number of urea groups is 1. The molecule has 0 saturated carbocycles. The third kappa shape index (κ3) is 12.5. The Kier molecular flexibility index (Phi) is 15.5. The topological polar surface area (TPSA) is 169 Å². The number of alkyl carbamates (subject to hydrolysis) is 1. The van der Waals surface area contributed by atoms with Gasteiger partial charge < -0.3 is 30.3 Å². The number of aromatic nitrogens is 2. The number of nitrogens with zero attached hydrogens (tertiary/aromatic N) is 5. The zero-order chi connectivity index (χ0) is 40.1. The van der Waals surface area contributed by atoms with Crippen molar-refractivity contribution in [3.63, 3.8) is 0 Å². The second-order valence-electron chi connectivity index (χ2n) is 15.3. The van der Waals surface area contributed by atoms with E-state index in [1.165, 1.54) is 7.11 Å². The number of nitrogens with one attached hydrogen (secondary N) is 3. The molecule has 0 aliphatic carbocycles. The minimum absolute atomic E-state index is 0.0850. The number of hydrogen-bond acceptors (Lipinski definition) is 9. The minimum atomic E-state index is -1.18. The zero-order valence-electron chi connectivity index (χ0n) is 33.2. The van der Waals surface area contributed by atoms with Gasteiger partial charge in [0.2, 0.25) is 5.91 Å². The number of rotatable bonds is 18. The summed E-state index contributed by atoms with van der Waals surface area (Å²) in [5.74, 6) is -1.03. The molecule has 3 aromatic rings. The zero-order valence-corrected chi connectivity index (χ0v) is 33.2. The fourth-order valence-electron chi connectivity index (χ4n) is 6.69. The average Bonchev–Trinajstić information content (AvgIpc) is 3.51. The number of carbonyl (C=O) groups excluding carboxylic acids is 4. The molecule has 0 radical (unpaired) electrons. The van der Waals surface area contributed by atoms with E-state index in [-0.39, 0.29) is 37.4 Å². The molecule has 5 atom stereocenters. The molecule has 1 aromatic carbocycles. The van der Waals surface area contributed by atoms with E-state index in [0.717, 1.165) is 22.5 Å². The van der Waals surface area contributed by atoms with Crippen LogP contribution < -0.4 is 16.1 Å². The number of benzene rings is 1. The fraction of sp³-hybridized carbons (Fsp3) is 0.512. The van der Waals surface area contributed by atoms with Crippen LogP contribution in [0.5, 0.6) is 0 Å². The molecule has 1 aliphatic rings. The van der Waals surface area contributed by atoms with E-state index in [2.05, 4.69) is 26.0 Å². The molecule has 14 nitrogen and oxygen atoms in total. The first-order valence-corrected chi connectivity index (χ1v) is 19.0. The van der Waals surface area contributed by atoms with Crippen LogP contribution in [0, 0.1) is 18.3 Å². The highest BCUT2D eigenvalue weighted by Gasteiger charge is 2.41. The van der Waals surface area contributed by atoms with Crippen LogP contribution >= 0.6 is 0 Å². The van der Waals surface area contributed by atoms with E-state index in [9.17, 15) is 24.3 Å². The lowest BCUT2D eigenvalue weighted by Gasteiger charge is -2.36. The number of ether oxygens (including phenoxy) is 1. The summed E-state index contributed by atoms with van der Waals surface area (Å²) in [6.45, 7) is 12.8. The van der Waals surface area contributed by atoms with Crippen LogP contribution in [0.25, 0.3) is 0 Å². The van der Waals surface area contributed by atoms with Crippen molar-refractivity contribution in [3.8, 4) is 0 Å². The Morgan fingerprint density at radius 3 is 2.31 bits per heavy atom. The van der Waals surface area contributed by atoms with E-state index in [1.807, 2.05) is 90.1 Å². The van der Waals surface area contributed by atoms with Gasteiger partial charge in [-0.15, -0.1) is 0 Å². The monoisotopic (exact) mass is 758 g/mol. The number of hydrogen-bond donors (Lipinski definition) is 4. The lowest BCUT2D eigenvalue weighted by Crippen LogP contribution is -2.60. The molecule has 55 heavy (non-hydrogen) atoms. The van der Waals surface area contributed by atoms with Gasteiger partial charge >= 0.3 is 12.1 Å². The number of aryl methyl sites for hydroxylation is 1. The first kappa shape index (κ1) is 42.7. The number of methoxy groups -OCH3 is 1. The molecule has 5 amide bonds. The van der Waals surface area contributed by atoms with Gasteiger partial charge in [0, 0.05) is 62.9 Å². The van der Waals surface area contributed by atoms with Crippen LogP contribution in [-0.4, -0.2) is 111 Å². The number of hydrazine groups is 1. The third-order valence-electron chi connectivity index (χ3n) is 9.96. The van der Waals surface area contributed by atoms with E-state index < -0.39 is 41.6 Å². The van der Waals surface area contributed by atoms with Crippen molar-refractivity contribution < 1.29 is 29.0 Å². The predicted octanol–water partition coefficient (Wildman–Crippen LogP) is 3.87. The molecule has 2 aromatic heterocycles. The summed E-state index contributed by atoms with van der Waals surface area (Å²) in [6.07, 6.45) is 2.89. The van der Waals surface area contributed by atoms with Gasteiger partial charge in [0.25, 0.3) is 5.91 Å². The van der Waals surface area contributed by atoms with Crippen molar-refractivity contribution in [3.05, 3.63) is 95.6 Å². The van der Waals surface area contributed by atoms with E-state index in [1.54, 1.807) is 39.3 Å². The lowest BCUT2D eigenvalue weighted by atomic mass is 9.86. The largest absolute Gasteiger partial charge is 0.453 e. The summed E-state index contributed by atoms with van der Waals surface area (Å²) in [4.78, 5) is 66.3. The second kappa shape index (κ2) is 20.0. The van der Waals surface area contributed by atoms with Crippen molar-refractivity contribution in [2.45, 2.75) is 91.6 Å². The quantitative estimate of drug-likeness (QED) is 0.141. The summed E-state index contributed by atoms with van der Waals surface area (Å²) in [5.41, 5.74) is 5.74. The van der Waals surface area contributed by atoms with Gasteiger partial charge in [-0.3, -0.25) is 25.0 Å². The van der Waals surface area contributed by atoms with Gasteiger partial charge in [-0.05, 0) is 60.1 Å². The number of carbonyl (C=O) groups is 4. The standard InChI is InChI=1S/C41H58N8O6/c1-8-28(2)35(49-24-23-47(40(49)54)22-19-32-16-12-13-29(3)43-32)37(51)44-33(25-30-14-10-9-11-15-30)34(50)27-48(26-31-17-20-42-21-18-31)46-38(52)36(41(4,5)6)45-39(53)55-7/h9-18,20-21,28,33-36,50H,8,19,22-27H2,1-7H3,(H,44,51)(H,45,53)(H,46,52)/t28-,33-,34-,35-,36+/m0/s1. The molecule has 1 fully saturated rings.